The quantitative estimate of drug-likeness (QED) is 0.929. The molecule has 2 N–H and O–H groups in total. The summed E-state index contributed by atoms with van der Waals surface area (Å²) in [5.41, 5.74) is 6.68. The van der Waals surface area contributed by atoms with Gasteiger partial charge in [0.15, 0.2) is 0 Å². The van der Waals surface area contributed by atoms with Gasteiger partial charge in [-0.3, -0.25) is 0 Å². The van der Waals surface area contributed by atoms with Crippen LogP contribution in [-0.2, 0) is 10.0 Å². The van der Waals surface area contributed by atoms with Crippen LogP contribution >= 0.6 is 11.8 Å². The maximum absolute atomic E-state index is 12.7. The van der Waals surface area contributed by atoms with Gasteiger partial charge in [-0.25, -0.2) is 8.42 Å². The number of sulfonamides is 1. The topological polar surface area (TPSA) is 63.4 Å². The minimum absolute atomic E-state index is 0.167. The summed E-state index contributed by atoms with van der Waals surface area (Å²) in [5, 5.41) is 0.648. The Morgan fingerprint density at radius 1 is 1.30 bits per heavy atom. The number of benzene rings is 1. The number of thioether (sulfide) groups is 1. The van der Waals surface area contributed by atoms with E-state index in [9.17, 15) is 8.42 Å². The first-order chi connectivity index (χ1) is 9.30. The van der Waals surface area contributed by atoms with Crippen LogP contribution in [0.3, 0.4) is 0 Å². The monoisotopic (exact) mass is 314 g/mol. The standard InChI is InChI=1S/C14H22N2O2S2/c1-10-8-16(9-11(2)19-10)20(17,18)14-6-4-5-13(7-14)12(3)15/h4-7,10-12H,8-9,15H2,1-3H3. The summed E-state index contributed by atoms with van der Waals surface area (Å²) in [7, 11) is -3.42. The minimum Gasteiger partial charge on any atom is -0.324 e. The van der Waals surface area contributed by atoms with E-state index in [2.05, 4.69) is 13.8 Å². The lowest BCUT2D eigenvalue weighted by Crippen LogP contribution is -2.43. The molecule has 20 heavy (non-hydrogen) atoms. The number of rotatable bonds is 3. The molecule has 1 aromatic rings. The molecule has 0 spiro atoms. The molecule has 4 nitrogen and oxygen atoms in total. The Morgan fingerprint density at radius 2 is 1.90 bits per heavy atom. The van der Waals surface area contributed by atoms with E-state index in [1.807, 2.05) is 24.8 Å². The highest BCUT2D eigenvalue weighted by Gasteiger charge is 2.32. The van der Waals surface area contributed by atoms with E-state index in [1.54, 1.807) is 22.5 Å². The van der Waals surface area contributed by atoms with Crippen molar-refractivity contribution in [3.8, 4) is 0 Å². The highest BCUT2D eigenvalue weighted by atomic mass is 32.2. The molecule has 1 saturated heterocycles. The SMILES string of the molecule is CC1CN(S(=O)(=O)c2cccc(C(C)N)c2)CC(C)S1. The molecule has 0 aromatic heterocycles. The van der Waals surface area contributed by atoms with Crippen molar-refractivity contribution in [2.24, 2.45) is 5.73 Å². The van der Waals surface area contributed by atoms with Gasteiger partial charge in [-0.15, -0.1) is 0 Å². The van der Waals surface area contributed by atoms with Crippen LogP contribution in [0, 0.1) is 0 Å². The number of nitrogens with zero attached hydrogens (tertiary/aromatic N) is 1. The molecule has 0 aliphatic carbocycles. The third-order valence-electron chi connectivity index (χ3n) is 3.41. The lowest BCUT2D eigenvalue weighted by atomic mass is 10.1. The Balaban J connectivity index is 2.32. The summed E-state index contributed by atoms with van der Waals surface area (Å²) < 4.78 is 27.1. The minimum atomic E-state index is -3.42. The molecule has 1 aliphatic rings. The fourth-order valence-electron chi connectivity index (χ4n) is 2.43. The molecule has 6 heteroatoms. The summed E-state index contributed by atoms with van der Waals surface area (Å²) >= 11 is 1.84. The molecule has 2 rings (SSSR count). The van der Waals surface area contributed by atoms with Crippen LogP contribution in [0.15, 0.2) is 29.2 Å². The third kappa shape index (κ3) is 3.36. The Kier molecular flexibility index (Phi) is 4.79. The van der Waals surface area contributed by atoms with Crippen molar-refractivity contribution in [1.82, 2.24) is 4.31 Å². The first-order valence-corrected chi connectivity index (χ1v) is 9.20. The van der Waals surface area contributed by atoms with Gasteiger partial charge in [-0.1, -0.05) is 26.0 Å². The van der Waals surface area contributed by atoms with E-state index < -0.39 is 10.0 Å². The second-order valence-corrected chi connectivity index (χ2v) is 9.26. The fraction of sp³-hybridized carbons (Fsp3) is 0.571. The van der Waals surface area contributed by atoms with E-state index in [0.717, 1.165) is 5.56 Å². The molecule has 0 radical (unpaired) electrons. The molecule has 1 fully saturated rings. The van der Waals surface area contributed by atoms with Crippen molar-refractivity contribution >= 4 is 21.8 Å². The normalized spacial score (nSPS) is 26.4. The number of hydrogen-bond donors (Lipinski definition) is 1. The van der Waals surface area contributed by atoms with Gasteiger partial charge in [-0.2, -0.15) is 16.1 Å². The summed E-state index contributed by atoms with van der Waals surface area (Å²) in [6.07, 6.45) is 0. The lowest BCUT2D eigenvalue weighted by Gasteiger charge is -2.33. The predicted molar refractivity (Wildman–Crippen MR) is 84.3 cm³/mol. The first kappa shape index (κ1) is 15.8. The van der Waals surface area contributed by atoms with Crippen LogP contribution in [0.5, 0.6) is 0 Å². The average molecular weight is 314 g/mol. The first-order valence-electron chi connectivity index (χ1n) is 6.82. The Labute approximate surface area is 125 Å². The van der Waals surface area contributed by atoms with Crippen molar-refractivity contribution in [2.45, 2.75) is 42.2 Å². The van der Waals surface area contributed by atoms with Crippen molar-refractivity contribution in [3.63, 3.8) is 0 Å². The number of nitrogens with two attached hydrogens (primary N) is 1. The van der Waals surface area contributed by atoms with Crippen LogP contribution in [0.4, 0.5) is 0 Å². The Morgan fingerprint density at radius 3 is 2.45 bits per heavy atom. The highest BCUT2D eigenvalue weighted by Crippen LogP contribution is 2.29. The molecule has 0 saturated carbocycles. The van der Waals surface area contributed by atoms with Gasteiger partial charge in [0, 0.05) is 29.6 Å². The van der Waals surface area contributed by atoms with Crippen LogP contribution in [0.1, 0.15) is 32.4 Å². The Hall–Kier alpha value is -0.560. The van der Waals surface area contributed by atoms with Gasteiger partial charge in [-0.05, 0) is 24.6 Å². The molecule has 0 bridgehead atoms. The Bertz CT molecular complexity index is 562. The molecule has 3 unspecified atom stereocenters. The van der Waals surface area contributed by atoms with Crippen molar-refractivity contribution in [3.05, 3.63) is 29.8 Å². The van der Waals surface area contributed by atoms with E-state index in [0.29, 0.717) is 28.5 Å². The van der Waals surface area contributed by atoms with Crippen LogP contribution < -0.4 is 5.73 Å². The maximum Gasteiger partial charge on any atom is 0.243 e. The van der Waals surface area contributed by atoms with Crippen molar-refractivity contribution in [2.75, 3.05) is 13.1 Å². The molecule has 1 aromatic carbocycles. The molecule has 1 aliphatic heterocycles. The van der Waals surface area contributed by atoms with E-state index in [-0.39, 0.29) is 6.04 Å². The van der Waals surface area contributed by atoms with Gasteiger partial charge < -0.3 is 5.73 Å². The van der Waals surface area contributed by atoms with Gasteiger partial charge in [0.1, 0.15) is 0 Å². The van der Waals surface area contributed by atoms with Gasteiger partial charge in [0.25, 0.3) is 0 Å². The molecule has 3 atom stereocenters. The second-order valence-electron chi connectivity index (χ2n) is 5.44. The lowest BCUT2D eigenvalue weighted by molar-refractivity contribution is 0.405. The zero-order valence-electron chi connectivity index (χ0n) is 12.1. The largest absolute Gasteiger partial charge is 0.324 e. The fourth-order valence-corrected chi connectivity index (χ4v) is 5.62. The van der Waals surface area contributed by atoms with Gasteiger partial charge in [0.05, 0.1) is 4.90 Å². The summed E-state index contributed by atoms with van der Waals surface area (Å²) in [6.45, 7) is 7.13. The van der Waals surface area contributed by atoms with Crippen molar-refractivity contribution in [1.29, 1.82) is 0 Å². The second kappa shape index (κ2) is 6.05. The number of hydrogen-bond acceptors (Lipinski definition) is 4. The molecular weight excluding hydrogens is 292 g/mol. The summed E-state index contributed by atoms with van der Waals surface area (Å²) in [5.74, 6) is 0. The van der Waals surface area contributed by atoms with E-state index >= 15 is 0 Å². The highest BCUT2D eigenvalue weighted by molar-refractivity contribution is 8.00. The van der Waals surface area contributed by atoms with Gasteiger partial charge in [0.2, 0.25) is 10.0 Å². The molecule has 112 valence electrons. The van der Waals surface area contributed by atoms with Crippen LogP contribution in [0.25, 0.3) is 0 Å². The predicted octanol–water partition coefficient (Wildman–Crippen LogP) is 2.22. The zero-order chi connectivity index (χ0) is 14.9. The summed E-state index contributed by atoms with van der Waals surface area (Å²) in [4.78, 5) is 0.346. The molecule has 1 heterocycles. The van der Waals surface area contributed by atoms with E-state index in [1.165, 1.54) is 0 Å². The maximum atomic E-state index is 12.7. The smallest absolute Gasteiger partial charge is 0.243 e. The van der Waals surface area contributed by atoms with Crippen LogP contribution in [-0.4, -0.2) is 36.3 Å². The molecule has 0 amide bonds. The third-order valence-corrected chi connectivity index (χ3v) is 6.46. The van der Waals surface area contributed by atoms with Crippen LogP contribution in [0.2, 0.25) is 0 Å². The average Bonchev–Trinajstić information content (AvgIpc) is 2.37. The van der Waals surface area contributed by atoms with Gasteiger partial charge >= 0.3 is 0 Å². The zero-order valence-corrected chi connectivity index (χ0v) is 13.7. The van der Waals surface area contributed by atoms with Crippen molar-refractivity contribution < 1.29 is 8.42 Å². The van der Waals surface area contributed by atoms with E-state index in [4.69, 9.17) is 5.73 Å². The summed E-state index contributed by atoms with van der Waals surface area (Å²) in [6, 6.07) is 6.80. The molecular formula is C14H22N2O2S2.